The van der Waals surface area contributed by atoms with E-state index in [1.165, 1.54) is 10.8 Å². The molecule has 0 saturated carbocycles. The summed E-state index contributed by atoms with van der Waals surface area (Å²) in [6.45, 7) is 4.28. The Morgan fingerprint density at radius 3 is 2.31 bits per heavy atom. The van der Waals surface area contributed by atoms with E-state index >= 15 is 0 Å². The van der Waals surface area contributed by atoms with Crippen LogP contribution >= 0.6 is 0 Å². The molecule has 0 saturated heterocycles. The van der Waals surface area contributed by atoms with Gasteiger partial charge in [0.25, 0.3) is 9.04 Å². The average Bonchev–Trinajstić information content (AvgIpc) is 2.44. The van der Waals surface area contributed by atoms with Gasteiger partial charge in [0.05, 0.1) is 0 Å². The predicted octanol–water partition coefficient (Wildman–Crippen LogP) is -2.81. The molecule has 0 spiro atoms. The molecule has 0 bridgehead atoms. The standard InChI is InChI=1S/C11H12OSi.2ClH.Zr/c1-13(2)12-11-7-9-5-3-4-6-10(9)8-11;;;/h3-8H,1-2H3;2*1H;/q-1;;;+3/p-2. The summed E-state index contributed by atoms with van der Waals surface area (Å²) in [6, 6.07) is 12.5. The molecular weight excluding hydrogens is 338 g/mol. The summed E-state index contributed by atoms with van der Waals surface area (Å²) in [5, 5.41) is 2.53. The maximum absolute atomic E-state index is 5.70. The van der Waals surface area contributed by atoms with Crippen molar-refractivity contribution >= 4 is 19.8 Å². The van der Waals surface area contributed by atoms with Gasteiger partial charge in [-0.25, -0.2) is 0 Å². The smallest absolute Gasteiger partial charge is 1.00 e. The second-order valence-electron chi connectivity index (χ2n) is 3.33. The van der Waals surface area contributed by atoms with Crippen molar-refractivity contribution in [2.75, 3.05) is 0 Å². The van der Waals surface area contributed by atoms with Gasteiger partial charge in [-0.1, -0.05) is 6.07 Å². The van der Waals surface area contributed by atoms with E-state index in [9.17, 15) is 0 Å². The number of fused-ring (bicyclic) bond motifs is 1. The molecule has 0 N–H and O–H groups in total. The van der Waals surface area contributed by atoms with Crippen LogP contribution in [0.1, 0.15) is 0 Å². The maximum Gasteiger partial charge on any atom is 3.00 e. The van der Waals surface area contributed by atoms with Gasteiger partial charge in [-0.15, -0.1) is 41.1 Å². The molecule has 0 aliphatic heterocycles. The third-order valence-corrected chi connectivity index (χ3v) is 2.56. The Hall–Kier alpha value is 0.310. The summed E-state index contributed by atoms with van der Waals surface area (Å²) in [4.78, 5) is 0. The SMILES string of the molecule is C[Si](C)Oc1cc2ccccc2[cH-]1.[Cl-].[Cl-].[Zr+3]. The predicted molar refractivity (Wildman–Crippen MR) is 57.7 cm³/mol. The van der Waals surface area contributed by atoms with E-state index < -0.39 is 9.04 Å². The third kappa shape index (κ3) is 4.67. The molecule has 0 aliphatic rings. The fourth-order valence-electron chi connectivity index (χ4n) is 1.42. The fraction of sp³-hybridized carbons (Fsp3) is 0.182. The number of halogens is 2. The molecule has 16 heavy (non-hydrogen) atoms. The van der Waals surface area contributed by atoms with Crippen molar-refractivity contribution in [3.05, 3.63) is 36.4 Å². The van der Waals surface area contributed by atoms with Gasteiger partial charge in [-0.2, -0.15) is 0 Å². The Balaban J connectivity index is 0. The Morgan fingerprint density at radius 2 is 1.75 bits per heavy atom. The molecule has 84 valence electrons. The van der Waals surface area contributed by atoms with Crippen LogP contribution in [-0.4, -0.2) is 9.04 Å². The van der Waals surface area contributed by atoms with Crippen LogP contribution in [0.3, 0.4) is 0 Å². The Kier molecular flexibility index (Phi) is 9.81. The topological polar surface area (TPSA) is 9.23 Å². The van der Waals surface area contributed by atoms with Gasteiger partial charge in [0.15, 0.2) is 0 Å². The second kappa shape index (κ2) is 8.41. The van der Waals surface area contributed by atoms with Gasteiger partial charge in [0, 0.05) is 5.75 Å². The van der Waals surface area contributed by atoms with Crippen LogP contribution < -0.4 is 29.2 Å². The summed E-state index contributed by atoms with van der Waals surface area (Å²) >= 11 is 0. The van der Waals surface area contributed by atoms with Gasteiger partial charge in [-0.05, 0) is 13.1 Å². The molecule has 2 rings (SSSR count). The van der Waals surface area contributed by atoms with Gasteiger partial charge in [0.1, 0.15) is 0 Å². The largest absolute Gasteiger partial charge is 3.00 e. The number of rotatable bonds is 2. The first-order valence-corrected chi connectivity index (χ1v) is 6.80. The van der Waals surface area contributed by atoms with E-state index in [0.717, 1.165) is 5.75 Å². The first kappa shape index (κ1) is 18.7. The molecule has 0 amide bonds. The van der Waals surface area contributed by atoms with Gasteiger partial charge in [0.2, 0.25) is 0 Å². The summed E-state index contributed by atoms with van der Waals surface area (Å²) in [5.41, 5.74) is 0. The fourth-order valence-corrected chi connectivity index (χ4v) is 2.01. The first-order valence-electron chi connectivity index (χ1n) is 4.39. The van der Waals surface area contributed by atoms with Crippen LogP contribution in [0.2, 0.25) is 13.1 Å². The zero-order valence-corrected chi connectivity index (χ0v) is 14.1. The molecule has 5 heteroatoms. The van der Waals surface area contributed by atoms with Crippen LogP contribution in [0.5, 0.6) is 5.75 Å². The molecule has 0 aliphatic carbocycles. The number of hydrogen-bond acceptors (Lipinski definition) is 1. The summed E-state index contributed by atoms with van der Waals surface area (Å²) < 4.78 is 5.70. The molecule has 2 aromatic rings. The molecule has 0 heterocycles. The molecule has 0 unspecified atom stereocenters. The molecule has 0 aromatic heterocycles. The van der Waals surface area contributed by atoms with Crippen LogP contribution in [0.15, 0.2) is 36.4 Å². The normalized spacial score (nSPS) is 8.94. The Labute approximate surface area is 130 Å². The van der Waals surface area contributed by atoms with Crippen LogP contribution in [0.4, 0.5) is 0 Å². The van der Waals surface area contributed by atoms with Crippen molar-refractivity contribution in [2.24, 2.45) is 0 Å². The van der Waals surface area contributed by atoms with Gasteiger partial charge < -0.3 is 29.2 Å². The zero-order valence-electron chi connectivity index (χ0n) is 9.13. The van der Waals surface area contributed by atoms with Gasteiger partial charge >= 0.3 is 26.2 Å². The molecule has 0 fully saturated rings. The Morgan fingerprint density at radius 1 is 1.12 bits per heavy atom. The van der Waals surface area contributed by atoms with E-state index in [-0.39, 0.29) is 51.0 Å². The molecule has 2 aromatic carbocycles. The third-order valence-electron chi connectivity index (χ3n) is 1.91. The van der Waals surface area contributed by atoms with Crippen molar-refractivity contribution < 1.29 is 55.4 Å². The van der Waals surface area contributed by atoms with Crippen LogP contribution in [0.25, 0.3) is 10.8 Å². The average molecular weight is 350 g/mol. The first-order chi connectivity index (χ1) is 6.25. The maximum atomic E-state index is 5.70. The molecule has 2 radical (unpaired) electrons. The van der Waals surface area contributed by atoms with Crippen LogP contribution in [0, 0.1) is 0 Å². The van der Waals surface area contributed by atoms with Crippen molar-refractivity contribution in [3.63, 3.8) is 0 Å². The van der Waals surface area contributed by atoms with Crippen LogP contribution in [-0.2, 0) is 26.2 Å². The minimum atomic E-state index is -0.634. The molecule has 0 atom stereocenters. The second-order valence-corrected chi connectivity index (χ2v) is 5.35. The van der Waals surface area contributed by atoms with E-state index in [4.69, 9.17) is 4.43 Å². The van der Waals surface area contributed by atoms with Crippen molar-refractivity contribution in [1.29, 1.82) is 0 Å². The van der Waals surface area contributed by atoms with E-state index in [2.05, 4.69) is 49.5 Å². The quantitative estimate of drug-likeness (QED) is 0.420. The zero-order chi connectivity index (χ0) is 9.26. The monoisotopic (exact) mass is 348 g/mol. The number of benzene rings is 1. The van der Waals surface area contributed by atoms with E-state index in [0.29, 0.717) is 0 Å². The summed E-state index contributed by atoms with van der Waals surface area (Å²) in [6.07, 6.45) is 0. The minimum absolute atomic E-state index is 0. The van der Waals surface area contributed by atoms with E-state index in [1.807, 2.05) is 0 Å². The van der Waals surface area contributed by atoms with Crippen molar-refractivity contribution in [3.8, 4) is 5.75 Å². The van der Waals surface area contributed by atoms with Crippen molar-refractivity contribution in [2.45, 2.75) is 13.1 Å². The van der Waals surface area contributed by atoms with Crippen molar-refractivity contribution in [1.82, 2.24) is 0 Å². The minimum Gasteiger partial charge on any atom is -1.00 e. The summed E-state index contributed by atoms with van der Waals surface area (Å²) in [7, 11) is -0.634. The van der Waals surface area contributed by atoms with E-state index in [1.54, 1.807) is 0 Å². The molecular formula is C11H12Cl2OSiZr. The van der Waals surface area contributed by atoms with Gasteiger partial charge in [-0.3, -0.25) is 0 Å². The number of hydrogen-bond donors (Lipinski definition) is 0. The molecule has 1 nitrogen and oxygen atoms in total. The Bertz CT molecular complexity index is 384. The summed E-state index contributed by atoms with van der Waals surface area (Å²) in [5.74, 6) is 1.01.